The lowest BCUT2D eigenvalue weighted by atomic mass is 10.0. The van der Waals surface area contributed by atoms with Crippen molar-refractivity contribution in [1.82, 2.24) is 15.1 Å². The summed E-state index contributed by atoms with van der Waals surface area (Å²) in [5.41, 5.74) is 6.64. The second-order valence-electron chi connectivity index (χ2n) is 7.65. The first-order chi connectivity index (χ1) is 14.0. The fraction of sp³-hybridized carbons (Fsp3) is 0.500. The SMILES string of the molecule is NC1CCN(CCSc2cccc3c2C(=O)N(C2CCC(=O)NC2=O)C3=O)CC1. The average molecular weight is 417 g/mol. The van der Waals surface area contributed by atoms with Crippen molar-refractivity contribution in [3.05, 3.63) is 29.3 Å². The number of amides is 4. The van der Waals surface area contributed by atoms with Crippen LogP contribution in [0.25, 0.3) is 0 Å². The zero-order valence-corrected chi connectivity index (χ0v) is 16.9. The number of carbonyl (C=O) groups excluding carboxylic acids is 4. The number of nitrogens with two attached hydrogens (primary N) is 1. The number of hydrogen-bond acceptors (Lipinski definition) is 7. The van der Waals surface area contributed by atoms with Gasteiger partial charge < -0.3 is 10.6 Å². The lowest BCUT2D eigenvalue weighted by molar-refractivity contribution is -0.136. The molecule has 3 aliphatic heterocycles. The van der Waals surface area contributed by atoms with Crippen LogP contribution in [0.5, 0.6) is 0 Å². The zero-order chi connectivity index (χ0) is 20.5. The summed E-state index contributed by atoms with van der Waals surface area (Å²) in [7, 11) is 0. The number of thioether (sulfide) groups is 1. The van der Waals surface area contributed by atoms with Crippen LogP contribution in [-0.4, -0.2) is 70.9 Å². The van der Waals surface area contributed by atoms with Crippen molar-refractivity contribution in [2.75, 3.05) is 25.4 Å². The van der Waals surface area contributed by atoms with Crippen molar-refractivity contribution in [2.45, 2.75) is 42.7 Å². The van der Waals surface area contributed by atoms with Crippen LogP contribution in [0.1, 0.15) is 46.4 Å². The number of carbonyl (C=O) groups is 4. The van der Waals surface area contributed by atoms with E-state index in [1.807, 2.05) is 6.07 Å². The minimum absolute atomic E-state index is 0.116. The summed E-state index contributed by atoms with van der Waals surface area (Å²) in [4.78, 5) is 53.6. The fourth-order valence-electron chi connectivity index (χ4n) is 4.07. The molecule has 0 aliphatic carbocycles. The quantitative estimate of drug-likeness (QED) is 0.534. The van der Waals surface area contributed by atoms with Gasteiger partial charge in [-0.3, -0.25) is 29.4 Å². The Kier molecular flexibility index (Phi) is 5.71. The molecular weight excluding hydrogens is 392 g/mol. The maximum atomic E-state index is 13.1. The number of imide groups is 2. The molecule has 1 aromatic rings. The van der Waals surface area contributed by atoms with E-state index in [0.717, 1.165) is 48.0 Å². The molecule has 1 unspecified atom stereocenters. The number of benzene rings is 1. The minimum Gasteiger partial charge on any atom is -0.328 e. The van der Waals surface area contributed by atoms with Crippen LogP contribution in [0.15, 0.2) is 23.1 Å². The Labute approximate surface area is 173 Å². The first-order valence-corrected chi connectivity index (χ1v) is 10.9. The maximum Gasteiger partial charge on any atom is 0.263 e. The van der Waals surface area contributed by atoms with Crippen molar-refractivity contribution in [2.24, 2.45) is 5.73 Å². The van der Waals surface area contributed by atoms with Crippen molar-refractivity contribution in [1.29, 1.82) is 0 Å². The highest BCUT2D eigenvalue weighted by molar-refractivity contribution is 7.99. The molecule has 3 heterocycles. The molecule has 3 N–H and O–H groups in total. The van der Waals surface area contributed by atoms with E-state index in [1.54, 1.807) is 23.9 Å². The molecule has 0 bridgehead atoms. The van der Waals surface area contributed by atoms with Crippen LogP contribution in [-0.2, 0) is 9.59 Å². The highest BCUT2D eigenvalue weighted by Crippen LogP contribution is 2.34. The predicted octanol–water partition coefficient (Wildman–Crippen LogP) is 0.603. The predicted molar refractivity (Wildman–Crippen MR) is 107 cm³/mol. The number of rotatable bonds is 5. The second-order valence-corrected chi connectivity index (χ2v) is 8.79. The van der Waals surface area contributed by atoms with E-state index in [1.165, 1.54) is 0 Å². The van der Waals surface area contributed by atoms with Crippen molar-refractivity contribution < 1.29 is 19.2 Å². The normalized spacial score (nSPS) is 23.5. The van der Waals surface area contributed by atoms with Gasteiger partial charge in [-0.05, 0) is 44.5 Å². The van der Waals surface area contributed by atoms with Crippen LogP contribution >= 0.6 is 11.8 Å². The third-order valence-electron chi connectivity index (χ3n) is 5.73. The first-order valence-electron chi connectivity index (χ1n) is 9.91. The Hall–Kier alpha value is -2.23. The van der Waals surface area contributed by atoms with Gasteiger partial charge in [-0.1, -0.05) is 6.07 Å². The Bertz CT molecular complexity index is 866. The lowest BCUT2D eigenvalue weighted by Crippen LogP contribution is -2.54. The van der Waals surface area contributed by atoms with Crippen molar-refractivity contribution in [3.8, 4) is 0 Å². The van der Waals surface area contributed by atoms with Crippen LogP contribution in [0.2, 0.25) is 0 Å². The van der Waals surface area contributed by atoms with E-state index in [-0.39, 0.29) is 24.8 Å². The molecule has 0 aromatic heterocycles. The number of likely N-dealkylation sites (tertiary alicyclic amines) is 1. The number of nitrogens with zero attached hydrogens (tertiary/aromatic N) is 2. The van der Waals surface area contributed by atoms with Crippen LogP contribution < -0.4 is 11.1 Å². The van der Waals surface area contributed by atoms with Gasteiger partial charge in [0.05, 0.1) is 11.1 Å². The maximum absolute atomic E-state index is 13.1. The average Bonchev–Trinajstić information content (AvgIpc) is 2.95. The molecule has 9 heteroatoms. The molecule has 4 amide bonds. The van der Waals surface area contributed by atoms with Gasteiger partial charge in [0, 0.05) is 29.7 Å². The first kappa shape index (κ1) is 20.1. The summed E-state index contributed by atoms with van der Waals surface area (Å²) in [6.45, 7) is 2.85. The minimum atomic E-state index is -0.935. The largest absolute Gasteiger partial charge is 0.328 e. The van der Waals surface area contributed by atoms with Gasteiger partial charge in [0.25, 0.3) is 11.8 Å². The van der Waals surface area contributed by atoms with Crippen molar-refractivity contribution in [3.63, 3.8) is 0 Å². The van der Waals surface area contributed by atoms with Gasteiger partial charge in [-0.25, -0.2) is 0 Å². The van der Waals surface area contributed by atoms with Gasteiger partial charge in [0.15, 0.2) is 0 Å². The van der Waals surface area contributed by atoms with E-state index < -0.39 is 23.8 Å². The molecule has 29 heavy (non-hydrogen) atoms. The molecule has 154 valence electrons. The molecule has 0 saturated carbocycles. The van der Waals surface area contributed by atoms with Crippen LogP contribution in [0.3, 0.4) is 0 Å². The Morgan fingerprint density at radius 2 is 1.83 bits per heavy atom. The van der Waals surface area contributed by atoms with Crippen LogP contribution in [0, 0.1) is 0 Å². The molecule has 1 atom stereocenters. The molecule has 4 rings (SSSR count). The Morgan fingerprint density at radius 3 is 2.55 bits per heavy atom. The molecule has 8 nitrogen and oxygen atoms in total. The second kappa shape index (κ2) is 8.25. The van der Waals surface area contributed by atoms with Gasteiger partial charge in [0.1, 0.15) is 6.04 Å². The molecule has 0 spiro atoms. The summed E-state index contributed by atoms with van der Waals surface area (Å²) < 4.78 is 0. The molecule has 3 aliphatic rings. The van der Waals surface area contributed by atoms with E-state index in [0.29, 0.717) is 11.1 Å². The topological polar surface area (TPSA) is 113 Å². The number of hydrogen-bond donors (Lipinski definition) is 2. The summed E-state index contributed by atoms with van der Waals surface area (Å²) in [6.07, 6.45) is 2.28. The summed E-state index contributed by atoms with van der Waals surface area (Å²) >= 11 is 1.55. The van der Waals surface area contributed by atoms with Gasteiger partial charge in [-0.2, -0.15) is 0 Å². The summed E-state index contributed by atoms with van der Waals surface area (Å²) in [6, 6.07) is 4.58. The molecular formula is C20H24N4O4S. The van der Waals surface area contributed by atoms with E-state index in [2.05, 4.69) is 10.2 Å². The molecule has 0 radical (unpaired) electrons. The lowest BCUT2D eigenvalue weighted by Gasteiger charge is -2.29. The molecule has 2 fully saturated rings. The van der Waals surface area contributed by atoms with E-state index in [9.17, 15) is 19.2 Å². The summed E-state index contributed by atoms with van der Waals surface area (Å²) in [5, 5.41) is 2.22. The van der Waals surface area contributed by atoms with Gasteiger partial charge in [-0.15, -0.1) is 11.8 Å². The Balaban J connectivity index is 1.46. The van der Waals surface area contributed by atoms with Crippen molar-refractivity contribution >= 4 is 35.4 Å². The number of nitrogens with one attached hydrogen (secondary N) is 1. The fourth-order valence-corrected chi connectivity index (χ4v) is 5.15. The third kappa shape index (κ3) is 3.94. The number of piperidine rings is 2. The zero-order valence-electron chi connectivity index (χ0n) is 16.1. The smallest absolute Gasteiger partial charge is 0.263 e. The van der Waals surface area contributed by atoms with Gasteiger partial charge in [0.2, 0.25) is 11.8 Å². The summed E-state index contributed by atoms with van der Waals surface area (Å²) in [5.74, 6) is -1.09. The molecule has 1 aromatic carbocycles. The van der Waals surface area contributed by atoms with Crippen LogP contribution in [0.4, 0.5) is 0 Å². The monoisotopic (exact) mass is 416 g/mol. The third-order valence-corrected chi connectivity index (χ3v) is 6.77. The standard InChI is InChI=1S/C20H24N4O4S/c21-12-6-8-23(9-7-12)10-11-29-15-3-1-2-13-17(15)20(28)24(19(13)27)14-4-5-16(25)22-18(14)26/h1-3,12,14H,4-11,21H2,(H,22,25,26). The van der Waals surface area contributed by atoms with Gasteiger partial charge >= 0.3 is 0 Å². The highest BCUT2D eigenvalue weighted by Gasteiger charge is 2.45. The molecule has 2 saturated heterocycles. The Morgan fingerprint density at radius 1 is 1.07 bits per heavy atom. The number of fused-ring (bicyclic) bond motifs is 1. The van der Waals surface area contributed by atoms with E-state index in [4.69, 9.17) is 5.73 Å². The highest BCUT2D eigenvalue weighted by atomic mass is 32.2. The van der Waals surface area contributed by atoms with E-state index >= 15 is 0 Å².